The van der Waals surface area contributed by atoms with E-state index < -0.39 is 0 Å². The maximum absolute atomic E-state index is 11.8. The van der Waals surface area contributed by atoms with Crippen molar-refractivity contribution in [2.75, 3.05) is 0 Å². The van der Waals surface area contributed by atoms with Gasteiger partial charge in [-0.25, -0.2) is 0 Å². The predicted molar refractivity (Wildman–Crippen MR) is 56.2 cm³/mol. The van der Waals surface area contributed by atoms with E-state index in [0.717, 1.165) is 0 Å². The van der Waals surface area contributed by atoms with Crippen LogP contribution in [0.25, 0.3) is 10.9 Å². The highest BCUT2D eigenvalue weighted by atomic mass is 16.3. The number of carbonyl (C=O) groups excluding carboxylic acids is 1. The normalized spacial score (nSPS) is 10.5. The van der Waals surface area contributed by atoms with Gasteiger partial charge in [0.15, 0.2) is 11.2 Å². The summed E-state index contributed by atoms with van der Waals surface area (Å²) >= 11 is 0. The van der Waals surface area contributed by atoms with Gasteiger partial charge in [-0.1, -0.05) is 0 Å². The number of H-pyrrole nitrogens is 1. The lowest BCUT2D eigenvalue weighted by atomic mass is 10.1. The van der Waals surface area contributed by atoms with Gasteiger partial charge in [-0.3, -0.25) is 9.59 Å². The van der Waals surface area contributed by atoms with Crippen LogP contribution in [0.3, 0.4) is 0 Å². The van der Waals surface area contributed by atoms with Crippen LogP contribution in [0.5, 0.6) is 5.75 Å². The Labute approximate surface area is 85.2 Å². The Morgan fingerprint density at radius 3 is 2.80 bits per heavy atom. The van der Waals surface area contributed by atoms with Crippen molar-refractivity contribution < 1.29 is 9.90 Å². The number of phenolic OH excluding ortho intramolecular Hbond substituents is 1. The molecule has 0 aliphatic rings. The molecule has 0 aliphatic carbocycles. The second kappa shape index (κ2) is 3.24. The van der Waals surface area contributed by atoms with Gasteiger partial charge in [-0.05, 0) is 19.1 Å². The smallest absolute Gasteiger partial charge is 0.200 e. The largest absolute Gasteiger partial charge is 0.508 e. The van der Waals surface area contributed by atoms with Crippen molar-refractivity contribution in [3.05, 3.63) is 40.2 Å². The number of carbonyl (C=O) groups is 1. The highest BCUT2D eigenvalue weighted by Gasteiger charge is 2.08. The van der Waals surface area contributed by atoms with E-state index in [1.54, 1.807) is 0 Å². The SMILES string of the molecule is CC(=O)c1c[nH]c2cc(O)ccc2c1=O. The molecule has 0 aliphatic heterocycles. The molecule has 1 aromatic carbocycles. The molecule has 0 atom stereocenters. The van der Waals surface area contributed by atoms with Crippen LogP contribution in [0.4, 0.5) is 0 Å². The molecule has 0 unspecified atom stereocenters. The summed E-state index contributed by atoms with van der Waals surface area (Å²) in [6, 6.07) is 4.36. The Balaban J connectivity index is 2.86. The number of ketones is 1. The number of fused-ring (bicyclic) bond motifs is 1. The van der Waals surface area contributed by atoms with Crippen molar-refractivity contribution in [1.82, 2.24) is 4.98 Å². The van der Waals surface area contributed by atoms with Gasteiger partial charge in [0.25, 0.3) is 0 Å². The molecule has 0 saturated carbocycles. The number of Topliss-reactive ketones (excluding diaryl/α,β-unsaturated/α-hetero) is 1. The summed E-state index contributed by atoms with van der Waals surface area (Å²) in [7, 11) is 0. The molecule has 0 bridgehead atoms. The summed E-state index contributed by atoms with van der Waals surface area (Å²) < 4.78 is 0. The summed E-state index contributed by atoms with van der Waals surface area (Å²) in [6.07, 6.45) is 1.37. The molecule has 4 nitrogen and oxygen atoms in total. The zero-order valence-electron chi connectivity index (χ0n) is 8.07. The number of aromatic nitrogens is 1. The van der Waals surface area contributed by atoms with Gasteiger partial charge in [-0.2, -0.15) is 0 Å². The van der Waals surface area contributed by atoms with Crippen LogP contribution in [-0.4, -0.2) is 15.9 Å². The minimum absolute atomic E-state index is 0.0775. The quantitative estimate of drug-likeness (QED) is 0.689. The first-order valence-corrected chi connectivity index (χ1v) is 4.45. The lowest BCUT2D eigenvalue weighted by Gasteiger charge is -2.00. The molecule has 0 radical (unpaired) electrons. The predicted octanol–water partition coefficient (Wildman–Crippen LogP) is 1.44. The van der Waals surface area contributed by atoms with Gasteiger partial charge >= 0.3 is 0 Å². The van der Waals surface area contributed by atoms with E-state index in [0.29, 0.717) is 10.9 Å². The number of rotatable bonds is 1. The van der Waals surface area contributed by atoms with Crippen molar-refractivity contribution in [3.63, 3.8) is 0 Å². The van der Waals surface area contributed by atoms with E-state index in [-0.39, 0.29) is 22.5 Å². The van der Waals surface area contributed by atoms with Gasteiger partial charge in [-0.15, -0.1) is 0 Å². The number of aromatic hydroxyl groups is 1. The van der Waals surface area contributed by atoms with Crippen LogP contribution >= 0.6 is 0 Å². The summed E-state index contributed by atoms with van der Waals surface area (Å²) in [4.78, 5) is 25.7. The topological polar surface area (TPSA) is 70.2 Å². The molecule has 0 spiro atoms. The zero-order valence-corrected chi connectivity index (χ0v) is 8.07. The van der Waals surface area contributed by atoms with Gasteiger partial charge in [0.05, 0.1) is 11.1 Å². The minimum Gasteiger partial charge on any atom is -0.508 e. The Bertz CT molecular complexity index is 598. The molecule has 2 rings (SSSR count). The summed E-state index contributed by atoms with van der Waals surface area (Å²) in [6.45, 7) is 1.34. The fourth-order valence-electron chi connectivity index (χ4n) is 1.47. The van der Waals surface area contributed by atoms with Gasteiger partial charge in [0, 0.05) is 17.6 Å². The van der Waals surface area contributed by atoms with Gasteiger partial charge in [0.2, 0.25) is 0 Å². The summed E-state index contributed by atoms with van der Waals surface area (Å²) in [5, 5.41) is 9.61. The van der Waals surface area contributed by atoms with Gasteiger partial charge < -0.3 is 10.1 Å². The minimum atomic E-state index is -0.309. The number of phenols is 1. The lowest BCUT2D eigenvalue weighted by Crippen LogP contribution is -2.13. The van der Waals surface area contributed by atoms with Crippen LogP contribution in [0.2, 0.25) is 0 Å². The maximum atomic E-state index is 11.8. The van der Waals surface area contributed by atoms with Crippen LogP contribution in [0.15, 0.2) is 29.2 Å². The van der Waals surface area contributed by atoms with E-state index in [4.69, 9.17) is 0 Å². The molecule has 2 N–H and O–H groups in total. The summed E-state index contributed by atoms with van der Waals surface area (Å²) in [5.41, 5.74) is 0.342. The number of benzene rings is 1. The highest BCUT2D eigenvalue weighted by Crippen LogP contribution is 2.15. The maximum Gasteiger partial charge on any atom is 0.200 e. The molecule has 1 heterocycles. The third-order valence-corrected chi connectivity index (χ3v) is 2.24. The Kier molecular flexibility index (Phi) is 2.04. The number of hydrogen-bond donors (Lipinski definition) is 2. The first-order valence-electron chi connectivity index (χ1n) is 4.45. The molecular weight excluding hydrogens is 194 g/mol. The van der Waals surface area contributed by atoms with Crippen LogP contribution in [0.1, 0.15) is 17.3 Å². The molecule has 0 saturated heterocycles. The highest BCUT2D eigenvalue weighted by molar-refractivity contribution is 5.97. The number of hydrogen-bond acceptors (Lipinski definition) is 3. The molecule has 4 heteroatoms. The van der Waals surface area contributed by atoms with E-state index in [1.807, 2.05) is 0 Å². The fourth-order valence-corrected chi connectivity index (χ4v) is 1.47. The van der Waals surface area contributed by atoms with Gasteiger partial charge in [0.1, 0.15) is 5.75 Å². The fraction of sp³-hybridized carbons (Fsp3) is 0.0909. The first kappa shape index (κ1) is 9.45. The van der Waals surface area contributed by atoms with E-state index in [1.165, 1.54) is 31.3 Å². The van der Waals surface area contributed by atoms with Crippen LogP contribution < -0.4 is 5.43 Å². The van der Waals surface area contributed by atoms with Crippen LogP contribution in [-0.2, 0) is 0 Å². The Morgan fingerprint density at radius 1 is 1.40 bits per heavy atom. The zero-order chi connectivity index (χ0) is 11.0. The number of nitrogens with one attached hydrogen (secondary N) is 1. The third-order valence-electron chi connectivity index (χ3n) is 2.24. The number of pyridine rings is 1. The summed E-state index contributed by atoms with van der Waals surface area (Å²) in [5.74, 6) is -0.194. The van der Waals surface area contributed by atoms with Crippen LogP contribution in [0, 0.1) is 0 Å². The van der Waals surface area contributed by atoms with E-state index in [9.17, 15) is 14.7 Å². The molecule has 0 amide bonds. The van der Waals surface area contributed by atoms with E-state index in [2.05, 4.69) is 4.98 Å². The molecule has 76 valence electrons. The van der Waals surface area contributed by atoms with Crippen molar-refractivity contribution in [3.8, 4) is 5.75 Å². The van der Waals surface area contributed by atoms with E-state index >= 15 is 0 Å². The third kappa shape index (κ3) is 1.50. The monoisotopic (exact) mass is 203 g/mol. The van der Waals surface area contributed by atoms with Crippen molar-refractivity contribution in [2.45, 2.75) is 6.92 Å². The first-order chi connectivity index (χ1) is 7.09. The van der Waals surface area contributed by atoms with Crippen molar-refractivity contribution in [2.24, 2.45) is 0 Å². The molecule has 1 aromatic heterocycles. The standard InChI is InChI=1S/C11H9NO3/c1-6(13)9-5-12-10-4-7(14)2-3-8(10)11(9)15/h2-5,14H,1H3,(H,12,15). The average molecular weight is 203 g/mol. The second-order valence-electron chi connectivity index (χ2n) is 3.32. The van der Waals surface area contributed by atoms with Crippen molar-refractivity contribution >= 4 is 16.7 Å². The molecular formula is C11H9NO3. The van der Waals surface area contributed by atoms with Crippen molar-refractivity contribution in [1.29, 1.82) is 0 Å². The Hall–Kier alpha value is -2.10. The Morgan fingerprint density at radius 2 is 2.13 bits per heavy atom. The lowest BCUT2D eigenvalue weighted by molar-refractivity contribution is 0.101. The molecule has 2 aromatic rings. The number of aromatic amines is 1. The second-order valence-corrected chi connectivity index (χ2v) is 3.32. The molecule has 0 fully saturated rings. The average Bonchev–Trinajstić information content (AvgIpc) is 2.17. The molecule has 15 heavy (non-hydrogen) atoms.